The molecule has 0 spiro atoms. The van der Waals surface area contributed by atoms with Crippen LogP contribution in [0.2, 0.25) is 0 Å². The van der Waals surface area contributed by atoms with E-state index in [0.717, 1.165) is 38.7 Å². The SMILES string of the molecule is CCNC(=NCCc1noc(-c2ccccn2)n1)N1CCC(N(CC)CC)C1.I. The zero-order valence-electron chi connectivity index (χ0n) is 17.5. The van der Waals surface area contributed by atoms with E-state index in [9.17, 15) is 0 Å². The Morgan fingerprint density at radius 2 is 2.14 bits per heavy atom. The number of aliphatic imine (C=N–C) groups is 1. The third-order valence-corrected chi connectivity index (χ3v) is 5.08. The first-order valence-corrected chi connectivity index (χ1v) is 10.3. The minimum absolute atomic E-state index is 0. The van der Waals surface area contributed by atoms with Gasteiger partial charge in [-0.05, 0) is 38.6 Å². The van der Waals surface area contributed by atoms with Gasteiger partial charge in [-0.2, -0.15) is 4.98 Å². The van der Waals surface area contributed by atoms with E-state index in [-0.39, 0.29) is 24.0 Å². The average molecular weight is 513 g/mol. The number of guanidine groups is 1. The van der Waals surface area contributed by atoms with Crippen LogP contribution >= 0.6 is 24.0 Å². The van der Waals surface area contributed by atoms with Gasteiger partial charge in [0.05, 0.1) is 0 Å². The lowest BCUT2D eigenvalue weighted by Crippen LogP contribution is -2.43. The van der Waals surface area contributed by atoms with Gasteiger partial charge in [0.2, 0.25) is 0 Å². The fraction of sp³-hybridized carbons (Fsp3) is 0.600. The Balaban J connectivity index is 0.00000300. The molecule has 9 heteroatoms. The average Bonchev–Trinajstić information content (AvgIpc) is 3.39. The summed E-state index contributed by atoms with van der Waals surface area (Å²) in [6.45, 7) is 12.3. The summed E-state index contributed by atoms with van der Waals surface area (Å²) in [6.07, 6.45) is 3.54. The van der Waals surface area contributed by atoms with Gasteiger partial charge in [-0.1, -0.05) is 25.1 Å². The summed E-state index contributed by atoms with van der Waals surface area (Å²) < 4.78 is 5.32. The van der Waals surface area contributed by atoms with Gasteiger partial charge >= 0.3 is 0 Å². The topological polar surface area (TPSA) is 82.7 Å². The molecule has 29 heavy (non-hydrogen) atoms. The Morgan fingerprint density at radius 3 is 2.83 bits per heavy atom. The summed E-state index contributed by atoms with van der Waals surface area (Å²) in [4.78, 5) is 18.4. The van der Waals surface area contributed by atoms with Crippen molar-refractivity contribution >= 4 is 29.9 Å². The summed E-state index contributed by atoms with van der Waals surface area (Å²) in [5.74, 6) is 2.08. The number of hydrogen-bond acceptors (Lipinski definition) is 6. The fourth-order valence-corrected chi connectivity index (χ4v) is 3.61. The molecular formula is C20H32IN7O. The molecule has 3 rings (SSSR count). The van der Waals surface area contributed by atoms with E-state index < -0.39 is 0 Å². The first-order valence-electron chi connectivity index (χ1n) is 10.3. The summed E-state index contributed by atoms with van der Waals surface area (Å²) in [5, 5.41) is 7.47. The Bertz CT molecular complexity index is 748. The van der Waals surface area contributed by atoms with Crippen molar-refractivity contribution in [1.82, 2.24) is 30.2 Å². The van der Waals surface area contributed by atoms with Crippen LogP contribution in [-0.4, -0.2) is 76.2 Å². The maximum Gasteiger partial charge on any atom is 0.276 e. The Labute approximate surface area is 190 Å². The van der Waals surface area contributed by atoms with Crippen LogP contribution in [0.15, 0.2) is 33.9 Å². The second kappa shape index (κ2) is 12.1. The van der Waals surface area contributed by atoms with Gasteiger partial charge in [-0.25, -0.2) is 0 Å². The van der Waals surface area contributed by atoms with Crippen molar-refractivity contribution < 1.29 is 4.52 Å². The number of aromatic nitrogens is 3. The molecular weight excluding hydrogens is 481 g/mol. The van der Waals surface area contributed by atoms with Crippen LogP contribution in [0.4, 0.5) is 0 Å². The highest BCUT2D eigenvalue weighted by molar-refractivity contribution is 14.0. The molecule has 0 bridgehead atoms. The molecule has 3 heterocycles. The molecule has 2 aromatic heterocycles. The van der Waals surface area contributed by atoms with Gasteiger partial charge in [0.1, 0.15) is 5.69 Å². The van der Waals surface area contributed by atoms with E-state index in [1.165, 1.54) is 6.42 Å². The number of likely N-dealkylation sites (tertiary alicyclic amines) is 1. The summed E-state index contributed by atoms with van der Waals surface area (Å²) in [7, 11) is 0. The zero-order chi connectivity index (χ0) is 19.8. The van der Waals surface area contributed by atoms with Crippen LogP contribution in [0.1, 0.15) is 33.0 Å². The second-order valence-electron chi connectivity index (χ2n) is 6.83. The smallest absolute Gasteiger partial charge is 0.276 e. The number of nitrogens with zero attached hydrogens (tertiary/aromatic N) is 6. The quantitative estimate of drug-likeness (QED) is 0.330. The standard InChI is InChI=1S/C20H31N7O.HI/c1-4-21-20(27-14-11-16(15-27)26(5-2)6-3)23-13-10-18-24-19(28-25-18)17-9-7-8-12-22-17;/h7-9,12,16H,4-6,10-11,13-15H2,1-3H3,(H,21,23);1H. The van der Waals surface area contributed by atoms with E-state index >= 15 is 0 Å². The highest BCUT2D eigenvalue weighted by Gasteiger charge is 2.27. The molecule has 0 radical (unpaired) electrons. The van der Waals surface area contributed by atoms with Crippen LogP contribution in [-0.2, 0) is 6.42 Å². The minimum atomic E-state index is 0. The highest BCUT2D eigenvalue weighted by atomic mass is 127. The fourth-order valence-electron chi connectivity index (χ4n) is 3.61. The first kappa shape index (κ1) is 23.5. The molecule has 2 aromatic rings. The van der Waals surface area contributed by atoms with Crippen molar-refractivity contribution in [3.63, 3.8) is 0 Å². The van der Waals surface area contributed by atoms with E-state index in [4.69, 9.17) is 9.52 Å². The van der Waals surface area contributed by atoms with Crippen LogP contribution in [0, 0.1) is 0 Å². The Morgan fingerprint density at radius 1 is 1.31 bits per heavy atom. The molecule has 1 fully saturated rings. The number of halogens is 1. The number of pyridine rings is 1. The normalized spacial score (nSPS) is 16.9. The van der Waals surface area contributed by atoms with Crippen molar-refractivity contribution in [3.05, 3.63) is 30.2 Å². The Kier molecular flexibility index (Phi) is 9.79. The van der Waals surface area contributed by atoms with Crippen LogP contribution in [0.5, 0.6) is 0 Å². The summed E-state index contributed by atoms with van der Waals surface area (Å²) >= 11 is 0. The molecule has 0 aliphatic carbocycles. The molecule has 1 saturated heterocycles. The summed E-state index contributed by atoms with van der Waals surface area (Å²) in [6, 6.07) is 6.23. The molecule has 160 valence electrons. The van der Waals surface area contributed by atoms with E-state index in [1.54, 1.807) is 6.20 Å². The van der Waals surface area contributed by atoms with E-state index in [0.29, 0.717) is 36.4 Å². The zero-order valence-corrected chi connectivity index (χ0v) is 19.9. The highest BCUT2D eigenvalue weighted by Crippen LogP contribution is 2.16. The van der Waals surface area contributed by atoms with Crippen molar-refractivity contribution in [2.45, 2.75) is 39.7 Å². The van der Waals surface area contributed by atoms with Gasteiger partial charge in [0, 0.05) is 44.8 Å². The number of rotatable bonds is 8. The van der Waals surface area contributed by atoms with Crippen molar-refractivity contribution in [3.8, 4) is 11.6 Å². The minimum Gasteiger partial charge on any atom is -0.357 e. The monoisotopic (exact) mass is 513 g/mol. The maximum atomic E-state index is 5.32. The van der Waals surface area contributed by atoms with E-state index in [1.807, 2.05) is 18.2 Å². The molecule has 1 N–H and O–H groups in total. The van der Waals surface area contributed by atoms with Crippen molar-refractivity contribution in [2.75, 3.05) is 39.3 Å². The molecule has 0 amide bonds. The third kappa shape index (κ3) is 6.36. The molecule has 1 unspecified atom stereocenters. The van der Waals surface area contributed by atoms with Gasteiger partial charge in [0.15, 0.2) is 11.8 Å². The van der Waals surface area contributed by atoms with Gasteiger partial charge < -0.3 is 14.7 Å². The van der Waals surface area contributed by atoms with Crippen molar-refractivity contribution in [2.24, 2.45) is 4.99 Å². The molecule has 0 aromatic carbocycles. The van der Waals surface area contributed by atoms with Crippen LogP contribution in [0.3, 0.4) is 0 Å². The Hall–Kier alpha value is -1.75. The molecule has 1 aliphatic heterocycles. The van der Waals surface area contributed by atoms with Crippen LogP contribution in [0.25, 0.3) is 11.6 Å². The second-order valence-corrected chi connectivity index (χ2v) is 6.83. The van der Waals surface area contributed by atoms with Crippen molar-refractivity contribution in [1.29, 1.82) is 0 Å². The van der Waals surface area contributed by atoms with Gasteiger partial charge in [-0.15, -0.1) is 24.0 Å². The number of nitrogens with one attached hydrogen (secondary N) is 1. The molecule has 1 atom stereocenters. The molecule has 8 nitrogen and oxygen atoms in total. The summed E-state index contributed by atoms with van der Waals surface area (Å²) in [5.41, 5.74) is 0.692. The predicted octanol–water partition coefficient (Wildman–Crippen LogP) is 2.67. The number of hydrogen-bond donors (Lipinski definition) is 1. The van der Waals surface area contributed by atoms with Gasteiger partial charge in [0.25, 0.3) is 5.89 Å². The third-order valence-electron chi connectivity index (χ3n) is 5.08. The lowest BCUT2D eigenvalue weighted by molar-refractivity contribution is 0.223. The maximum absolute atomic E-state index is 5.32. The first-order chi connectivity index (χ1) is 13.7. The number of likely N-dealkylation sites (N-methyl/N-ethyl adjacent to an activating group) is 1. The predicted molar refractivity (Wildman–Crippen MR) is 126 cm³/mol. The van der Waals surface area contributed by atoms with E-state index in [2.05, 4.69) is 51.0 Å². The molecule has 0 saturated carbocycles. The largest absolute Gasteiger partial charge is 0.357 e. The lowest BCUT2D eigenvalue weighted by Gasteiger charge is -2.27. The van der Waals surface area contributed by atoms with Crippen LogP contribution < -0.4 is 5.32 Å². The molecule has 1 aliphatic rings. The van der Waals surface area contributed by atoms with Gasteiger partial charge in [-0.3, -0.25) is 14.9 Å². The lowest BCUT2D eigenvalue weighted by atomic mass is 10.2.